The molecule has 0 aromatic heterocycles. The molecule has 0 heterocycles. The second-order valence-corrected chi connectivity index (χ2v) is 5.12. The van der Waals surface area contributed by atoms with Crippen LogP contribution in [0.25, 0.3) is 0 Å². The number of nitrogens with one attached hydrogen (secondary N) is 1. The second-order valence-electron chi connectivity index (χ2n) is 5.12. The minimum Gasteiger partial charge on any atom is -0.376 e. The van der Waals surface area contributed by atoms with Crippen LogP contribution in [0.3, 0.4) is 0 Å². The van der Waals surface area contributed by atoms with Gasteiger partial charge in [-0.1, -0.05) is 48.5 Å². The standard InChI is InChI=1S/C18H23N3O/c19-12-14-21(13-11-16-7-3-1-4-8-16)18(22)15-20-17-9-5-2-6-10-17/h1-10,20H,11-15,19H2. The first kappa shape index (κ1) is 16.0. The molecule has 0 radical (unpaired) electrons. The van der Waals surface area contributed by atoms with Crippen molar-refractivity contribution in [2.45, 2.75) is 6.42 Å². The molecule has 3 N–H and O–H groups in total. The third kappa shape index (κ3) is 5.22. The Bertz CT molecular complexity index is 557. The lowest BCUT2D eigenvalue weighted by molar-refractivity contribution is -0.129. The summed E-state index contributed by atoms with van der Waals surface area (Å²) in [7, 11) is 0. The number of amides is 1. The van der Waals surface area contributed by atoms with Crippen LogP contribution in [-0.2, 0) is 11.2 Å². The topological polar surface area (TPSA) is 58.4 Å². The van der Waals surface area contributed by atoms with E-state index in [0.29, 0.717) is 26.2 Å². The van der Waals surface area contributed by atoms with Gasteiger partial charge in [0.1, 0.15) is 0 Å². The third-order valence-corrected chi connectivity index (χ3v) is 3.48. The molecule has 2 aromatic rings. The van der Waals surface area contributed by atoms with Crippen LogP contribution in [0.2, 0.25) is 0 Å². The quantitative estimate of drug-likeness (QED) is 0.785. The van der Waals surface area contributed by atoms with Gasteiger partial charge in [0.2, 0.25) is 5.91 Å². The molecule has 1 amide bonds. The van der Waals surface area contributed by atoms with Crippen molar-refractivity contribution >= 4 is 11.6 Å². The molecule has 0 atom stereocenters. The average Bonchev–Trinajstić information content (AvgIpc) is 2.58. The van der Waals surface area contributed by atoms with Crippen LogP contribution >= 0.6 is 0 Å². The number of rotatable bonds is 8. The largest absolute Gasteiger partial charge is 0.376 e. The van der Waals surface area contributed by atoms with E-state index < -0.39 is 0 Å². The van der Waals surface area contributed by atoms with Gasteiger partial charge < -0.3 is 16.0 Å². The maximum absolute atomic E-state index is 12.3. The van der Waals surface area contributed by atoms with Crippen molar-refractivity contribution in [3.63, 3.8) is 0 Å². The molecule has 4 nitrogen and oxygen atoms in total. The zero-order chi connectivity index (χ0) is 15.6. The highest BCUT2D eigenvalue weighted by molar-refractivity contribution is 5.80. The summed E-state index contributed by atoms with van der Waals surface area (Å²) in [5.41, 5.74) is 7.81. The van der Waals surface area contributed by atoms with Crippen molar-refractivity contribution in [3.05, 3.63) is 66.2 Å². The van der Waals surface area contributed by atoms with Crippen molar-refractivity contribution in [2.24, 2.45) is 5.73 Å². The van der Waals surface area contributed by atoms with Gasteiger partial charge in [-0.05, 0) is 24.1 Å². The molecule has 2 aromatic carbocycles. The molecule has 0 aliphatic heterocycles. The van der Waals surface area contributed by atoms with E-state index in [9.17, 15) is 4.79 Å². The summed E-state index contributed by atoms with van der Waals surface area (Å²) in [6.07, 6.45) is 0.845. The van der Waals surface area contributed by atoms with E-state index in [-0.39, 0.29) is 5.91 Å². The Kier molecular flexibility index (Phi) is 6.45. The van der Waals surface area contributed by atoms with Crippen LogP contribution in [0.1, 0.15) is 5.56 Å². The molecule has 2 rings (SSSR count). The summed E-state index contributed by atoms with van der Waals surface area (Å²) < 4.78 is 0. The fourth-order valence-electron chi connectivity index (χ4n) is 2.27. The summed E-state index contributed by atoms with van der Waals surface area (Å²) in [5.74, 6) is 0.0743. The fourth-order valence-corrected chi connectivity index (χ4v) is 2.27. The number of carbonyl (C=O) groups excluding carboxylic acids is 1. The van der Waals surface area contributed by atoms with Gasteiger partial charge in [0.25, 0.3) is 0 Å². The minimum absolute atomic E-state index is 0.0743. The number of anilines is 1. The fraction of sp³-hybridized carbons (Fsp3) is 0.278. The predicted molar refractivity (Wildman–Crippen MR) is 90.7 cm³/mol. The summed E-state index contributed by atoms with van der Waals surface area (Å²) >= 11 is 0. The first-order valence-corrected chi connectivity index (χ1v) is 7.60. The van der Waals surface area contributed by atoms with Gasteiger partial charge in [0.15, 0.2) is 0 Å². The van der Waals surface area contributed by atoms with Gasteiger partial charge in [-0.2, -0.15) is 0 Å². The van der Waals surface area contributed by atoms with Crippen LogP contribution in [0.4, 0.5) is 5.69 Å². The molecule has 0 aliphatic carbocycles. The van der Waals surface area contributed by atoms with Crippen molar-refractivity contribution < 1.29 is 4.79 Å². The van der Waals surface area contributed by atoms with E-state index in [2.05, 4.69) is 17.4 Å². The Morgan fingerprint density at radius 2 is 1.59 bits per heavy atom. The van der Waals surface area contributed by atoms with E-state index in [4.69, 9.17) is 5.73 Å². The first-order valence-electron chi connectivity index (χ1n) is 7.60. The summed E-state index contributed by atoms with van der Waals surface area (Å²) in [4.78, 5) is 14.2. The number of para-hydroxylation sites is 1. The van der Waals surface area contributed by atoms with Gasteiger partial charge >= 0.3 is 0 Å². The number of hydrogen-bond donors (Lipinski definition) is 2. The Morgan fingerprint density at radius 3 is 2.23 bits per heavy atom. The van der Waals surface area contributed by atoms with Crippen molar-refractivity contribution in [2.75, 3.05) is 31.5 Å². The highest BCUT2D eigenvalue weighted by atomic mass is 16.2. The smallest absolute Gasteiger partial charge is 0.241 e. The lowest BCUT2D eigenvalue weighted by Gasteiger charge is -2.22. The van der Waals surface area contributed by atoms with Gasteiger partial charge in [-0.15, -0.1) is 0 Å². The van der Waals surface area contributed by atoms with Crippen LogP contribution in [0, 0.1) is 0 Å². The summed E-state index contributed by atoms with van der Waals surface area (Å²) in [6, 6.07) is 19.9. The molecule has 0 bridgehead atoms. The van der Waals surface area contributed by atoms with E-state index in [1.807, 2.05) is 53.4 Å². The van der Waals surface area contributed by atoms with Gasteiger partial charge in [-0.25, -0.2) is 0 Å². The predicted octanol–water partition coefficient (Wildman–Crippen LogP) is 2.13. The number of hydrogen-bond acceptors (Lipinski definition) is 3. The van der Waals surface area contributed by atoms with Crippen molar-refractivity contribution in [1.82, 2.24) is 4.90 Å². The molecular weight excluding hydrogens is 274 g/mol. The molecule has 4 heteroatoms. The second kappa shape index (κ2) is 8.85. The molecular formula is C18H23N3O. The normalized spacial score (nSPS) is 10.2. The maximum Gasteiger partial charge on any atom is 0.241 e. The zero-order valence-corrected chi connectivity index (χ0v) is 12.7. The van der Waals surface area contributed by atoms with E-state index in [0.717, 1.165) is 12.1 Å². The lowest BCUT2D eigenvalue weighted by atomic mass is 10.1. The zero-order valence-electron chi connectivity index (χ0n) is 12.7. The summed E-state index contributed by atoms with van der Waals surface area (Å²) in [6.45, 7) is 2.04. The van der Waals surface area contributed by atoms with Gasteiger partial charge in [0.05, 0.1) is 6.54 Å². The number of nitrogens with zero attached hydrogens (tertiary/aromatic N) is 1. The molecule has 0 saturated carbocycles. The first-order chi connectivity index (χ1) is 10.8. The Labute approximate surface area is 131 Å². The van der Waals surface area contributed by atoms with Crippen LogP contribution < -0.4 is 11.1 Å². The molecule has 22 heavy (non-hydrogen) atoms. The van der Waals surface area contributed by atoms with Crippen LogP contribution in [-0.4, -0.2) is 37.0 Å². The van der Waals surface area contributed by atoms with Crippen LogP contribution in [0.15, 0.2) is 60.7 Å². The molecule has 0 spiro atoms. The van der Waals surface area contributed by atoms with E-state index in [1.54, 1.807) is 0 Å². The SMILES string of the molecule is NCCN(CCc1ccccc1)C(=O)CNc1ccccc1. The van der Waals surface area contributed by atoms with Crippen molar-refractivity contribution in [3.8, 4) is 0 Å². The monoisotopic (exact) mass is 297 g/mol. The van der Waals surface area contributed by atoms with E-state index in [1.165, 1.54) is 5.56 Å². The van der Waals surface area contributed by atoms with Gasteiger partial charge in [0, 0.05) is 25.3 Å². The number of nitrogens with two attached hydrogens (primary N) is 1. The molecule has 0 saturated heterocycles. The number of carbonyl (C=O) groups is 1. The van der Waals surface area contributed by atoms with E-state index >= 15 is 0 Å². The van der Waals surface area contributed by atoms with Gasteiger partial charge in [-0.3, -0.25) is 4.79 Å². The highest BCUT2D eigenvalue weighted by Crippen LogP contribution is 2.05. The third-order valence-electron chi connectivity index (χ3n) is 3.48. The molecule has 0 fully saturated rings. The Hall–Kier alpha value is -2.33. The molecule has 116 valence electrons. The summed E-state index contributed by atoms with van der Waals surface area (Å²) in [5, 5.41) is 3.15. The minimum atomic E-state index is 0.0743. The average molecular weight is 297 g/mol. The van der Waals surface area contributed by atoms with Crippen molar-refractivity contribution in [1.29, 1.82) is 0 Å². The highest BCUT2D eigenvalue weighted by Gasteiger charge is 2.12. The Balaban J connectivity index is 1.85. The maximum atomic E-state index is 12.3. The number of benzene rings is 2. The molecule has 0 unspecified atom stereocenters. The Morgan fingerprint density at radius 1 is 0.955 bits per heavy atom. The lowest BCUT2D eigenvalue weighted by Crippen LogP contribution is -2.40. The van der Waals surface area contributed by atoms with Crippen LogP contribution in [0.5, 0.6) is 0 Å². The molecule has 0 aliphatic rings.